The van der Waals surface area contributed by atoms with Crippen LogP contribution >= 0.6 is 0 Å². The highest BCUT2D eigenvalue weighted by atomic mass is 16.5. The minimum absolute atomic E-state index is 0.301. The summed E-state index contributed by atoms with van der Waals surface area (Å²) in [7, 11) is 0. The average molecular weight is 295 g/mol. The van der Waals surface area contributed by atoms with E-state index in [2.05, 4.69) is 39.0 Å². The molecule has 2 rings (SSSR count). The zero-order valence-corrected chi connectivity index (χ0v) is 13.1. The van der Waals surface area contributed by atoms with Crippen LogP contribution in [-0.2, 0) is 4.74 Å². The molecule has 1 saturated heterocycles. The highest BCUT2D eigenvalue weighted by molar-refractivity contribution is 5.39. The maximum Gasteiger partial charge on any atom is 0.323 e. The Morgan fingerprint density at radius 2 is 2.14 bits per heavy atom. The highest BCUT2D eigenvalue weighted by Crippen LogP contribution is 2.20. The normalized spacial score (nSPS) is 18.6. The molecular weight excluding hydrogens is 270 g/mol. The van der Waals surface area contributed by atoms with Crippen molar-refractivity contribution >= 4 is 11.9 Å². The van der Waals surface area contributed by atoms with Crippen LogP contribution in [0.2, 0.25) is 0 Å². The van der Waals surface area contributed by atoms with E-state index < -0.39 is 0 Å². The first-order valence-corrected chi connectivity index (χ1v) is 7.75. The second-order valence-electron chi connectivity index (χ2n) is 4.93. The molecule has 0 radical (unpaired) electrons. The van der Waals surface area contributed by atoms with Crippen LogP contribution in [0.15, 0.2) is 0 Å². The minimum atomic E-state index is 0.301. The van der Waals surface area contributed by atoms with Crippen molar-refractivity contribution in [3.05, 3.63) is 0 Å². The molecule has 0 bridgehead atoms. The predicted octanol–water partition coefficient (Wildman–Crippen LogP) is 1.71. The Balaban J connectivity index is 2.24. The molecule has 1 aliphatic heterocycles. The average Bonchev–Trinajstić information content (AvgIpc) is 2.53. The minimum Gasteiger partial charge on any atom is -0.464 e. The molecule has 1 aromatic heterocycles. The van der Waals surface area contributed by atoms with Crippen LogP contribution in [0.25, 0.3) is 0 Å². The maximum absolute atomic E-state index is 5.54. The first-order valence-electron chi connectivity index (χ1n) is 7.75. The van der Waals surface area contributed by atoms with Crippen LogP contribution in [0, 0.1) is 0 Å². The Kier molecular flexibility index (Phi) is 5.98. The van der Waals surface area contributed by atoms with Crippen LogP contribution in [0.1, 0.15) is 33.6 Å². The fourth-order valence-electron chi connectivity index (χ4n) is 2.24. The molecule has 7 heteroatoms. The fourth-order valence-corrected chi connectivity index (χ4v) is 2.24. The monoisotopic (exact) mass is 295 g/mol. The third kappa shape index (κ3) is 4.17. The quantitative estimate of drug-likeness (QED) is 0.821. The van der Waals surface area contributed by atoms with E-state index in [1.165, 1.54) is 0 Å². The Labute approximate surface area is 126 Å². The zero-order valence-electron chi connectivity index (χ0n) is 13.1. The summed E-state index contributed by atoms with van der Waals surface area (Å²) in [4.78, 5) is 15.4. The number of hydrogen-bond acceptors (Lipinski definition) is 7. The largest absolute Gasteiger partial charge is 0.464 e. The smallest absolute Gasteiger partial charge is 0.323 e. The summed E-state index contributed by atoms with van der Waals surface area (Å²) < 4.78 is 11.0. The van der Waals surface area contributed by atoms with Crippen molar-refractivity contribution in [2.24, 2.45) is 0 Å². The van der Waals surface area contributed by atoms with E-state index in [1.807, 2.05) is 6.92 Å². The second kappa shape index (κ2) is 7.97. The molecule has 1 unspecified atom stereocenters. The van der Waals surface area contributed by atoms with E-state index in [0.717, 1.165) is 25.9 Å². The topological polar surface area (TPSA) is 72.4 Å². The molecule has 0 amide bonds. The van der Waals surface area contributed by atoms with Gasteiger partial charge in [-0.1, -0.05) is 13.8 Å². The van der Waals surface area contributed by atoms with Gasteiger partial charge >= 0.3 is 6.01 Å². The van der Waals surface area contributed by atoms with Gasteiger partial charge in [-0.25, -0.2) is 0 Å². The lowest BCUT2D eigenvalue weighted by Gasteiger charge is -2.35. The molecule has 2 heterocycles. The first kappa shape index (κ1) is 15.8. The Hall–Kier alpha value is -1.63. The number of aromatic nitrogens is 3. The molecule has 0 saturated carbocycles. The van der Waals surface area contributed by atoms with Crippen molar-refractivity contribution in [1.29, 1.82) is 0 Å². The third-order valence-corrected chi connectivity index (χ3v) is 3.37. The summed E-state index contributed by atoms with van der Waals surface area (Å²) in [5.41, 5.74) is 0. The van der Waals surface area contributed by atoms with Crippen LogP contribution in [-0.4, -0.2) is 53.9 Å². The second-order valence-corrected chi connectivity index (χ2v) is 4.93. The Morgan fingerprint density at radius 1 is 1.29 bits per heavy atom. The van der Waals surface area contributed by atoms with E-state index in [0.29, 0.717) is 43.8 Å². The highest BCUT2D eigenvalue weighted by Gasteiger charge is 2.25. The van der Waals surface area contributed by atoms with Gasteiger partial charge in [-0.05, 0) is 19.8 Å². The SMILES string of the molecule is CCCNc1nc(OCC)nc(N2CCOCC2CC)n1. The van der Waals surface area contributed by atoms with Gasteiger partial charge in [0.1, 0.15) is 0 Å². The van der Waals surface area contributed by atoms with Gasteiger partial charge in [0.2, 0.25) is 11.9 Å². The zero-order chi connectivity index (χ0) is 15.1. The predicted molar refractivity (Wildman–Crippen MR) is 82.0 cm³/mol. The number of rotatable bonds is 7. The lowest BCUT2D eigenvalue weighted by atomic mass is 10.2. The van der Waals surface area contributed by atoms with Crippen LogP contribution in [0.4, 0.5) is 11.9 Å². The number of nitrogens with one attached hydrogen (secondary N) is 1. The summed E-state index contributed by atoms with van der Waals surface area (Å²) in [5.74, 6) is 1.24. The third-order valence-electron chi connectivity index (χ3n) is 3.37. The van der Waals surface area contributed by atoms with Crippen molar-refractivity contribution in [2.45, 2.75) is 39.7 Å². The van der Waals surface area contributed by atoms with Crippen molar-refractivity contribution in [1.82, 2.24) is 15.0 Å². The first-order chi connectivity index (χ1) is 10.3. The molecule has 21 heavy (non-hydrogen) atoms. The number of anilines is 2. The summed E-state index contributed by atoms with van der Waals surface area (Å²) in [6.07, 6.45) is 2.01. The van der Waals surface area contributed by atoms with Crippen LogP contribution in [0.3, 0.4) is 0 Å². The van der Waals surface area contributed by atoms with Gasteiger partial charge in [-0.3, -0.25) is 0 Å². The lowest BCUT2D eigenvalue weighted by Crippen LogP contribution is -2.46. The van der Waals surface area contributed by atoms with Gasteiger partial charge in [0, 0.05) is 13.1 Å². The van der Waals surface area contributed by atoms with Crippen molar-refractivity contribution in [2.75, 3.05) is 43.1 Å². The van der Waals surface area contributed by atoms with E-state index in [9.17, 15) is 0 Å². The van der Waals surface area contributed by atoms with Crippen LogP contribution < -0.4 is 15.0 Å². The summed E-state index contributed by atoms with van der Waals surface area (Å²) in [6, 6.07) is 0.678. The van der Waals surface area contributed by atoms with Crippen molar-refractivity contribution in [3.63, 3.8) is 0 Å². The van der Waals surface area contributed by atoms with Crippen molar-refractivity contribution < 1.29 is 9.47 Å². The summed E-state index contributed by atoms with van der Waals surface area (Å²) >= 11 is 0. The molecule has 1 aliphatic rings. The molecule has 0 aliphatic carbocycles. The number of morpholine rings is 1. The molecule has 0 aromatic carbocycles. The molecule has 1 fully saturated rings. The van der Waals surface area contributed by atoms with Gasteiger partial charge in [0.15, 0.2) is 0 Å². The Morgan fingerprint density at radius 3 is 2.86 bits per heavy atom. The van der Waals surface area contributed by atoms with Gasteiger partial charge in [0.25, 0.3) is 0 Å². The van der Waals surface area contributed by atoms with E-state index in [-0.39, 0.29) is 0 Å². The van der Waals surface area contributed by atoms with Crippen LogP contribution in [0.5, 0.6) is 6.01 Å². The number of ether oxygens (including phenoxy) is 2. The Bertz CT molecular complexity index is 443. The molecule has 1 aromatic rings. The van der Waals surface area contributed by atoms with Gasteiger partial charge in [-0.2, -0.15) is 15.0 Å². The number of hydrogen-bond donors (Lipinski definition) is 1. The van der Waals surface area contributed by atoms with Gasteiger partial charge < -0.3 is 19.7 Å². The van der Waals surface area contributed by atoms with Crippen molar-refractivity contribution in [3.8, 4) is 6.01 Å². The molecule has 0 spiro atoms. The van der Waals surface area contributed by atoms with Gasteiger partial charge in [0.05, 0.1) is 25.9 Å². The van der Waals surface area contributed by atoms with E-state index in [4.69, 9.17) is 9.47 Å². The standard InChI is InChI=1S/C14H25N5O2/c1-4-7-15-12-16-13(18-14(17-12)21-6-3)19-8-9-20-10-11(19)5-2/h11H,4-10H2,1-3H3,(H,15,16,17,18). The molecule has 1 atom stereocenters. The summed E-state index contributed by atoms with van der Waals surface area (Å²) in [5, 5.41) is 3.21. The number of nitrogens with zero attached hydrogens (tertiary/aromatic N) is 4. The molecule has 7 nitrogen and oxygen atoms in total. The molecular formula is C14H25N5O2. The lowest BCUT2D eigenvalue weighted by molar-refractivity contribution is 0.0919. The molecule has 1 N–H and O–H groups in total. The fraction of sp³-hybridized carbons (Fsp3) is 0.786. The summed E-state index contributed by atoms with van der Waals surface area (Å²) in [6.45, 7) is 9.74. The maximum atomic E-state index is 5.54. The van der Waals surface area contributed by atoms with E-state index >= 15 is 0 Å². The van der Waals surface area contributed by atoms with Gasteiger partial charge in [-0.15, -0.1) is 0 Å². The molecule has 118 valence electrons. The van der Waals surface area contributed by atoms with E-state index in [1.54, 1.807) is 0 Å².